The Morgan fingerprint density at radius 3 is 1.74 bits per heavy atom. The molecule has 1 fully saturated rings. The van der Waals surface area contributed by atoms with E-state index in [2.05, 4.69) is 26.0 Å². The highest BCUT2D eigenvalue weighted by atomic mass is 16.2. The molecule has 5 aliphatic rings. The summed E-state index contributed by atoms with van der Waals surface area (Å²) in [5.41, 5.74) is 2.78. The van der Waals surface area contributed by atoms with Crippen molar-refractivity contribution in [3.8, 4) is 5.69 Å². The van der Waals surface area contributed by atoms with Gasteiger partial charge >= 0.3 is 11.4 Å². The van der Waals surface area contributed by atoms with E-state index in [4.69, 9.17) is 0 Å². The highest BCUT2D eigenvalue weighted by Gasteiger charge is 2.70. The quantitative estimate of drug-likeness (QED) is 0.731. The minimum atomic E-state index is -0.207. The third-order valence-electron chi connectivity index (χ3n) is 7.90. The first kappa shape index (κ1) is 15.5. The van der Waals surface area contributed by atoms with Gasteiger partial charge in [-0.15, -0.1) is 0 Å². The predicted molar refractivity (Wildman–Crippen MR) is 103 cm³/mol. The zero-order chi connectivity index (χ0) is 18.6. The molecule has 2 aromatic rings. The average Bonchev–Trinajstić information content (AvgIpc) is 2.91. The molecule has 138 valence electrons. The lowest BCUT2D eigenvalue weighted by molar-refractivity contribution is -0.0915. The SMILES string of the molecule is CC1=C(C)[C@H]2n3c(=O)n(-c4ccccc4)c(=O)n3[C@H]1[C@@]13C=C[C@@]21CCCC3. The lowest BCUT2D eigenvalue weighted by Gasteiger charge is -2.69. The van der Waals surface area contributed by atoms with Gasteiger partial charge in [0.1, 0.15) is 0 Å². The molecule has 0 saturated heterocycles. The fourth-order valence-electron chi connectivity index (χ4n) is 6.69. The first-order valence-corrected chi connectivity index (χ1v) is 9.93. The summed E-state index contributed by atoms with van der Waals surface area (Å²) in [6.07, 6.45) is 9.29. The van der Waals surface area contributed by atoms with E-state index in [1.54, 1.807) is 9.36 Å². The van der Waals surface area contributed by atoms with Crippen LogP contribution in [0.2, 0.25) is 0 Å². The maximum absolute atomic E-state index is 13.5. The highest BCUT2D eigenvalue weighted by Crippen LogP contribution is 2.75. The molecule has 7 rings (SSSR count). The van der Waals surface area contributed by atoms with Crippen LogP contribution < -0.4 is 11.4 Å². The van der Waals surface area contributed by atoms with Crippen LogP contribution in [0.1, 0.15) is 51.6 Å². The average molecular weight is 361 g/mol. The van der Waals surface area contributed by atoms with Crippen molar-refractivity contribution in [1.82, 2.24) is 13.9 Å². The Kier molecular flexibility index (Phi) is 2.66. The van der Waals surface area contributed by atoms with Crippen LogP contribution in [0.3, 0.4) is 0 Å². The second-order valence-corrected chi connectivity index (χ2v) is 8.72. The lowest BCUT2D eigenvalue weighted by atomic mass is 9.39. The minimum absolute atomic E-state index is 0.00134. The van der Waals surface area contributed by atoms with Gasteiger partial charge in [-0.1, -0.05) is 43.2 Å². The van der Waals surface area contributed by atoms with Crippen molar-refractivity contribution in [3.63, 3.8) is 0 Å². The third kappa shape index (κ3) is 1.44. The van der Waals surface area contributed by atoms with Crippen molar-refractivity contribution >= 4 is 0 Å². The van der Waals surface area contributed by atoms with Crippen LogP contribution in [0.25, 0.3) is 5.69 Å². The number of rotatable bonds is 1. The Bertz CT molecular complexity index is 1090. The first-order valence-electron chi connectivity index (χ1n) is 9.93. The molecule has 27 heavy (non-hydrogen) atoms. The van der Waals surface area contributed by atoms with E-state index in [9.17, 15) is 9.59 Å². The highest BCUT2D eigenvalue weighted by molar-refractivity contribution is 5.47. The van der Waals surface area contributed by atoms with Crippen LogP contribution in [0, 0.1) is 10.8 Å². The molecule has 0 unspecified atom stereocenters. The number of nitrogens with zero attached hydrogens (tertiary/aromatic N) is 3. The Hall–Kier alpha value is -2.56. The number of hydrogen-bond donors (Lipinski definition) is 0. The maximum Gasteiger partial charge on any atom is 0.352 e. The molecule has 4 atom stereocenters. The van der Waals surface area contributed by atoms with Gasteiger partial charge in [0.05, 0.1) is 17.8 Å². The van der Waals surface area contributed by atoms with Crippen molar-refractivity contribution in [1.29, 1.82) is 0 Å². The molecule has 2 aliphatic heterocycles. The summed E-state index contributed by atoms with van der Waals surface area (Å²) in [5, 5.41) is 0. The molecular formula is C22H23N3O2. The zero-order valence-electron chi connectivity index (χ0n) is 15.7. The van der Waals surface area contributed by atoms with E-state index in [0.29, 0.717) is 5.69 Å². The van der Waals surface area contributed by atoms with E-state index >= 15 is 0 Å². The van der Waals surface area contributed by atoms with Gasteiger partial charge in [0, 0.05) is 10.8 Å². The van der Waals surface area contributed by atoms with Crippen LogP contribution in [0.5, 0.6) is 0 Å². The summed E-state index contributed by atoms with van der Waals surface area (Å²) >= 11 is 0. The standard InChI is InChI=1S/C22H23N3O2/c1-14-15(2)18-22-11-7-6-10-21(22,12-13-22)17(14)24-19(26)23(20(27)25(18)24)16-8-4-3-5-9-16/h3-5,8-9,12-13,17-18H,6-7,10-11H2,1-2H3/t17-,18-,21-,22+/m1/s1. The summed E-state index contributed by atoms with van der Waals surface area (Å²) in [7, 11) is 0. The molecule has 5 heteroatoms. The third-order valence-corrected chi connectivity index (χ3v) is 7.90. The van der Waals surface area contributed by atoms with Crippen molar-refractivity contribution in [2.24, 2.45) is 10.8 Å². The summed E-state index contributed by atoms with van der Waals surface area (Å²) in [6.45, 7) is 4.32. The van der Waals surface area contributed by atoms with Crippen molar-refractivity contribution < 1.29 is 0 Å². The zero-order valence-corrected chi connectivity index (χ0v) is 15.7. The molecule has 3 aliphatic carbocycles. The Morgan fingerprint density at radius 2 is 1.30 bits per heavy atom. The fourth-order valence-corrected chi connectivity index (χ4v) is 6.69. The van der Waals surface area contributed by atoms with Gasteiger partial charge in [0.15, 0.2) is 0 Å². The molecule has 0 N–H and O–H groups in total. The summed E-state index contributed by atoms with van der Waals surface area (Å²) in [6, 6.07) is 9.22. The number of para-hydroxylation sites is 1. The number of hydrogen-bond acceptors (Lipinski definition) is 2. The monoisotopic (exact) mass is 361 g/mol. The van der Waals surface area contributed by atoms with Crippen molar-refractivity contribution in [3.05, 3.63) is 74.6 Å². The molecule has 0 spiro atoms. The second-order valence-electron chi connectivity index (χ2n) is 8.72. The van der Waals surface area contributed by atoms with Gasteiger partial charge < -0.3 is 0 Å². The van der Waals surface area contributed by atoms with Crippen molar-refractivity contribution in [2.45, 2.75) is 51.6 Å². The second kappa shape index (κ2) is 4.64. The molecular weight excluding hydrogens is 338 g/mol. The largest absolute Gasteiger partial charge is 0.352 e. The van der Waals surface area contributed by atoms with Gasteiger partial charge in [0.25, 0.3) is 0 Å². The number of allylic oxidation sites excluding steroid dienone is 4. The van der Waals surface area contributed by atoms with Crippen LogP contribution >= 0.6 is 0 Å². The molecule has 1 saturated carbocycles. The Labute approximate surface area is 157 Å². The van der Waals surface area contributed by atoms with E-state index in [-0.39, 0.29) is 34.3 Å². The fraction of sp³-hybridized carbons (Fsp3) is 0.455. The minimum Gasteiger partial charge on any atom is -0.245 e. The van der Waals surface area contributed by atoms with E-state index in [0.717, 1.165) is 12.8 Å². The van der Waals surface area contributed by atoms with E-state index in [1.807, 2.05) is 30.3 Å². The van der Waals surface area contributed by atoms with Gasteiger partial charge in [-0.2, -0.15) is 0 Å². The topological polar surface area (TPSA) is 48.9 Å². The molecule has 1 aromatic carbocycles. The van der Waals surface area contributed by atoms with Crippen LogP contribution in [0.15, 0.2) is 63.2 Å². The number of benzene rings is 1. The lowest BCUT2D eigenvalue weighted by Crippen LogP contribution is -2.67. The smallest absolute Gasteiger partial charge is 0.245 e. The number of aromatic nitrogens is 3. The van der Waals surface area contributed by atoms with Crippen LogP contribution in [-0.2, 0) is 0 Å². The summed E-state index contributed by atoms with van der Waals surface area (Å²) < 4.78 is 4.93. The van der Waals surface area contributed by atoms with Gasteiger partial charge in [-0.3, -0.25) is 0 Å². The maximum atomic E-state index is 13.5. The van der Waals surface area contributed by atoms with Crippen LogP contribution in [-0.4, -0.2) is 13.9 Å². The molecule has 5 nitrogen and oxygen atoms in total. The van der Waals surface area contributed by atoms with Crippen molar-refractivity contribution in [2.75, 3.05) is 0 Å². The van der Waals surface area contributed by atoms with E-state index < -0.39 is 0 Å². The Balaban J connectivity index is 1.72. The van der Waals surface area contributed by atoms with E-state index in [1.165, 1.54) is 28.6 Å². The summed E-state index contributed by atoms with van der Waals surface area (Å²) in [5.74, 6) is 0. The molecule has 0 radical (unpaired) electrons. The molecule has 1 aromatic heterocycles. The molecule has 2 bridgehead atoms. The first-order chi connectivity index (χ1) is 13.0. The van der Waals surface area contributed by atoms with Gasteiger partial charge in [-0.25, -0.2) is 23.5 Å². The predicted octanol–water partition coefficient (Wildman–Crippen LogP) is 3.36. The Morgan fingerprint density at radius 1 is 0.815 bits per heavy atom. The molecule has 0 amide bonds. The summed E-state index contributed by atoms with van der Waals surface area (Å²) in [4.78, 5) is 27.0. The normalized spacial score (nSPS) is 35.5. The molecule has 3 heterocycles. The van der Waals surface area contributed by atoms with Crippen LogP contribution in [0.4, 0.5) is 0 Å². The van der Waals surface area contributed by atoms with Gasteiger partial charge in [0.2, 0.25) is 0 Å². The van der Waals surface area contributed by atoms with Gasteiger partial charge in [-0.05, 0) is 50.0 Å².